The van der Waals surface area contributed by atoms with Crippen LogP contribution in [0.1, 0.15) is 27.7 Å². The Labute approximate surface area is 103 Å². The van der Waals surface area contributed by atoms with Crippen LogP contribution in [-0.4, -0.2) is 50.1 Å². The molecule has 1 aliphatic heterocycles. The van der Waals surface area contributed by atoms with Gasteiger partial charge in [0.15, 0.2) is 15.6 Å². The Morgan fingerprint density at radius 2 is 2.00 bits per heavy atom. The van der Waals surface area contributed by atoms with Crippen LogP contribution in [0, 0.1) is 5.41 Å². The van der Waals surface area contributed by atoms with Crippen LogP contribution in [0.25, 0.3) is 0 Å². The second kappa shape index (κ2) is 4.84. The fraction of sp³-hybridized carbons (Fsp3) is 1.00. The molecule has 0 aromatic heterocycles. The molecule has 1 N–H and O–H groups in total. The van der Waals surface area contributed by atoms with E-state index >= 15 is 0 Å². The van der Waals surface area contributed by atoms with E-state index in [1.54, 1.807) is 6.92 Å². The molecule has 0 saturated carbocycles. The van der Waals surface area contributed by atoms with Gasteiger partial charge in [-0.1, -0.05) is 27.7 Å². The first-order valence-electron chi connectivity index (χ1n) is 5.79. The molecule has 1 aliphatic rings. The lowest BCUT2D eigenvalue weighted by Crippen LogP contribution is -2.50. The molecule has 0 amide bonds. The van der Waals surface area contributed by atoms with Crippen molar-refractivity contribution in [1.29, 1.82) is 0 Å². The summed E-state index contributed by atoms with van der Waals surface area (Å²) < 4.78 is 34.8. The topological polar surface area (TPSA) is 72.8 Å². The molecule has 0 spiro atoms. The SMILES string of the molecule is CCS(=O)(=O)C[C@@]1(C(C)(C)C)OC[C@H](CO)O1. The van der Waals surface area contributed by atoms with Gasteiger partial charge < -0.3 is 14.6 Å². The number of hydrogen-bond acceptors (Lipinski definition) is 5. The van der Waals surface area contributed by atoms with Crippen molar-refractivity contribution >= 4 is 9.84 Å². The smallest absolute Gasteiger partial charge is 0.187 e. The average Bonchev–Trinajstić information content (AvgIpc) is 2.61. The minimum Gasteiger partial charge on any atom is -0.394 e. The van der Waals surface area contributed by atoms with E-state index in [2.05, 4.69) is 0 Å². The molecular weight excluding hydrogens is 244 g/mol. The summed E-state index contributed by atoms with van der Waals surface area (Å²) in [6, 6.07) is 0. The summed E-state index contributed by atoms with van der Waals surface area (Å²) in [4.78, 5) is 0. The third-order valence-corrected chi connectivity index (χ3v) is 4.76. The Morgan fingerprint density at radius 1 is 1.41 bits per heavy atom. The summed E-state index contributed by atoms with van der Waals surface area (Å²) >= 11 is 0. The van der Waals surface area contributed by atoms with Crippen LogP contribution in [0.5, 0.6) is 0 Å². The van der Waals surface area contributed by atoms with Crippen molar-refractivity contribution in [2.75, 3.05) is 24.7 Å². The zero-order valence-corrected chi connectivity index (χ0v) is 11.7. The van der Waals surface area contributed by atoms with Crippen molar-refractivity contribution in [3.05, 3.63) is 0 Å². The van der Waals surface area contributed by atoms with Crippen LogP contribution in [-0.2, 0) is 19.3 Å². The summed E-state index contributed by atoms with van der Waals surface area (Å²) in [6.07, 6.45) is -0.443. The fourth-order valence-electron chi connectivity index (χ4n) is 1.73. The molecule has 0 aromatic rings. The first-order chi connectivity index (χ1) is 7.66. The first-order valence-corrected chi connectivity index (χ1v) is 7.61. The van der Waals surface area contributed by atoms with Crippen LogP contribution in [0.3, 0.4) is 0 Å². The largest absolute Gasteiger partial charge is 0.394 e. The highest BCUT2D eigenvalue weighted by atomic mass is 32.2. The van der Waals surface area contributed by atoms with E-state index in [1.165, 1.54) is 0 Å². The minimum atomic E-state index is -3.21. The van der Waals surface area contributed by atoms with Crippen molar-refractivity contribution in [2.24, 2.45) is 5.41 Å². The summed E-state index contributed by atoms with van der Waals surface area (Å²) in [5.41, 5.74) is -0.473. The molecule has 0 aliphatic carbocycles. The van der Waals surface area contributed by atoms with E-state index in [0.717, 1.165) is 0 Å². The Morgan fingerprint density at radius 3 is 2.35 bits per heavy atom. The molecule has 17 heavy (non-hydrogen) atoms. The van der Waals surface area contributed by atoms with Crippen LogP contribution in [0.2, 0.25) is 0 Å². The van der Waals surface area contributed by atoms with E-state index in [1.807, 2.05) is 20.8 Å². The quantitative estimate of drug-likeness (QED) is 0.805. The Bertz CT molecular complexity index is 357. The highest BCUT2D eigenvalue weighted by Crippen LogP contribution is 2.41. The number of hydrogen-bond donors (Lipinski definition) is 1. The zero-order chi connectivity index (χ0) is 13.3. The molecule has 1 saturated heterocycles. The number of sulfone groups is 1. The van der Waals surface area contributed by atoms with Crippen molar-refractivity contribution in [3.63, 3.8) is 0 Å². The molecule has 5 nitrogen and oxygen atoms in total. The van der Waals surface area contributed by atoms with E-state index in [-0.39, 0.29) is 24.7 Å². The van der Waals surface area contributed by atoms with Gasteiger partial charge in [-0.3, -0.25) is 0 Å². The van der Waals surface area contributed by atoms with Crippen LogP contribution >= 0.6 is 0 Å². The van der Waals surface area contributed by atoms with Crippen molar-refractivity contribution < 1.29 is 23.0 Å². The van der Waals surface area contributed by atoms with E-state index in [0.29, 0.717) is 0 Å². The standard InChI is InChI=1S/C11H22O5S/c1-5-17(13,14)8-11(10(2,3)4)15-7-9(6-12)16-11/h9,12H,5-8H2,1-4H3/t9-,11+/m0/s1. The normalized spacial score (nSPS) is 30.8. The molecule has 102 valence electrons. The molecule has 0 radical (unpaired) electrons. The first kappa shape index (κ1) is 14.9. The van der Waals surface area contributed by atoms with Gasteiger partial charge in [0, 0.05) is 11.2 Å². The highest BCUT2D eigenvalue weighted by Gasteiger charge is 2.52. The van der Waals surface area contributed by atoms with Gasteiger partial charge in [0.1, 0.15) is 11.9 Å². The van der Waals surface area contributed by atoms with Gasteiger partial charge in [-0.2, -0.15) is 0 Å². The molecule has 0 bridgehead atoms. The molecule has 0 unspecified atom stereocenters. The summed E-state index contributed by atoms with van der Waals surface area (Å²) in [6.45, 7) is 7.29. The lowest BCUT2D eigenvalue weighted by molar-refractivity contribution is -0.216. The minimum absolute atomic E-state index is 0.0569. The maximum absolute atomic E-state index is 11.8. The summed E-state index contributed by atoms with van der Waals surface area (Å²) in [5.74, 6) is -1.27. The van der Waals surface area contributed by atoms with Gasteiger partial charge in [-0.05, 0) is 0 Å². The van der Waals surface area contributed by atoms with Gasteiger partial charge in [0.05, 0.1) is 13.2 Å². The van der Waals surface area contributed by atoms with E-state index in [9.17, 15) is 8.42 Å². The van der Waals surface area contributed by atoms with Crippen molar-refractivity contribution in [1.82, 2.24) is 0 Å². The zero-order valence-electron chi connectivity index (χ0n) is 10.9. The Kier molecular flexibility index (Phi) is 4.24. The third kappa shape index (κ3) is 3.19. The molecule has 2 atom stereocenters. The van der Waals surface area contributed by atoms with Crippen molar-refractivity contribution in [2.45, 2.75) is 39.6 Å². The molecule has 1 heterocycles. The van der Waals surface area contributed by atoms with E-state index in [4.69, 9.17) is 14.6 Å². The van der Waals surface area contributed by atoms with Gasteiger partial charge in [-0.25, -0.2) is 8.42 Å². The maximum Gasteiger partial charge on any atom is 0.187 e. The average molecular weight is 266 g/mol. The van der Waals surface area contributed by atoms with Crippen LogP contribution in [0.4, 0.5) is 0 Å². The number of ether oxygens (including phenoxy) is 2. The van der Waals surface area contributed by atoms with E-state index < -0.39 is 27.1 Å². The molecule has 6 heteroatoms. The van der Waals surface area contributed by atoms with Gasteiger partial charge in [0.2, 0.25) is 0 Å². The number of rotatable bonds is 4. The summed E-state index contributed by atoms with van der Waals surface area (Å²) in [7, 11) is -3.21. The Hall–Kier alpha value is -0.170. The molecular formula is C11H22O5S. The van der Waals surface area contributed by atoms with Gasteiger partial charge >= 0.3 is 0 Å². The number of aliphatic hydroxyl groups is 1. The maximum atomic E-state index is 11.8. The lowest BCUT2D eigenvalue weighted by atomic mass is 9.86. The second-order valence-electron chi connectivity index (χ2n) is 5.41. The fourth-order valence-corrected chi connectivity index (χ4v) is 3.10. The van der Waals surface area contributed by atoms with Gasteiger partial charge in [-0.15, -0.1) is 0 Å². The summed E-state index contributed by atoms with van der Waals surface area (Å²) in [5, 5.41) is 9.07. The predicted molar refractivity (Wildman–Crippen MR) is 64.4 cm³/mol. The van der Waals surface area contributed by atoms with Crippen LogP contribution in [0.15, 0.2) is 0 Å². The van der Waals surface area contributed by atoms with Crippen LogP contribution < -0.4 is 0 Å². The molecule has 1 rings (SSSR count). The monoisotopic (exact) mass is 266 g/mol. The van der Waals surface area contributed by atoms with Gasteiger partial charge in [0.25, 0.3) is 0 Å². The Balaban J connectivity index is 2.98. The molecule has 1 fully saturated rings. The third-order valence-electron chi connectivity index (χ3n) is 3.06. The van der Waals surface area contributed by atoms with Crippen molar-refractivity contribution in [3.8, 4) is 0 Å². The molecule has 0 aromatic carbocycles. The highest BCUT2D eigenvalue weighted by molar-refractivity contribution is 7.91. The number of aliphatic hydroxyl groups excluding tert-OH is 1. The predicted octanol–water partition coefficient (Wildman–Crippen LogP) is 0.571. The second-order valence-corrected chi connectivity index (χ2v) is 7.77. The lowest BCUT2D eigenvalue weighted by Gasteiger charge is -2.39.